The molecule has 0 N–H and O–H groups in total. The SMILES string of the molecule is COC(=O)C(C)(C)C1C(OC(=O)C(C)C)C(C)=CC1(C)C. The first kappa shape index (κ1) is 17.7. The number of esters is 2. The van der Waals surface area contributed by atoms with E-state index >= 15 is 0 Å². The van der Waals surface area contributed by atoms with Gasteiger partial charge in [-0.3, -0.25) is 9.59 Å². The molecule has 0 aromatic rings. The van der Waals surface area contributed by atoms with Crippen LogP contribution in [0.1, 0.15) is 48.5 Å². The second kappa shape index (κ2) is 5.82. The first-order valence-corrected chi connectivity index (χ1v) is 7.43. The summed E-state index contributed by atoms with van der Waals surface area (Å²) >= 11 is 0. The average Bonchev–Trinajstić information content (AvgIpc) is 2.57. The lowest BCUT2D eigenvalue weighted by Gasteiger charge is -2.41. The van der Waals surface area contributed by atoms with Crippen LogP contribution >= 0.6 is 0 Å². The predicted molar refractivity (Wildman–Crippen MR) is 81.5 cm³/mol. The molecule has 0 fully saturated rings. The van der Waals surface area contributed by atoms with E-state index in [1.807, 2.05) is 34.6 Å². The highest BCUT2D eigenvalue weighted by molar-refractivity contribution is 5.77. The van der Waals surface area contributed by atoms with Crippen molar-refractivity contribution < 1.29 is 19.1 Å². The largest absolute Gasteiger partial charge is 0.469 e. The van der Waals surface area contributed by atoms with Gasteiger partial charge >= 0.3 is 11.9 Å². The number of rotatable bonds is 4. The molecule has 0 heterocycles. The van der Waals surface area contributed by atoms with Gasteiger partial charge in [-0.2, -0.15) is 0 Å². The number of hydrogen-bond donors (Lipinski definition) is 0. The van der Waals surface area contributed by atoms with Crippen LogP contribution in [0.15, 0.2) is 11.6 Å². The molecule has 2 atom stereocenters. The van der Waals surface area contributed by atoms with Gasteiger partial charge in [0.2, 0.25) is 0 Å². The van der Waals surface area contributed by atoms with E-state index < -0.39 is 5.41 Å². The minimum absolute atomic E-state index is 0.153. The van der Waals surface area contributed by atoms with Crippen LogP contribution in [0.25, 0.3) is 0 Å². The van der Waals surface area contributed by atoms with Crippen molar-refractivity contribution in [2.75, 3.05) is 7.11 Å². The summed E-state index contributed by atoms with van der Waals surface area (Å²) in [5.41, 5.74) is 0.00832. The lowest BCUT2D eigenvalue weighted by atomic mass is 9.65. The molecule has 0 bridgehead atoms. The molecule has 0 amide bonds. The molecule has 0 aromatic carbocycles. The Morgan fingerprint density at radius 1 is 1.29 bits per heavy atom. The van der Waals surface area contributed by atoms with Crippen LogP contribution in [0.2, 0.25) is 0 Å². The molecule has 120 valence electrons. The zero-order valence-electron chi connectivity index (χ0n) is 14.4. The molecule has 0 aromatic heterocycles. The van der Waals surface area contributed by atoms with Crippen molar-refractivity contribution in [3.8, 4) is 0 Å². The van der Waals surface area contributed by atoms with E-state index in [4.69, 9.17) is 9.47 Å². The van der Waals surface area contributed by atoms with Crippen LogP contribution in [0.4, 0.5) is 0 Å². The van der Waals surface area contributed by atoms with Crippen molar-refractivity contribution in [3.63, 3.8) is 0 Å². The number of methoxy groups -OCH3 is 1. The predicted octanol–water partition coefficient (Wildman–Crippen LogP) is 3.36. The zero-order chi connectivity index (χ0) is 16.6. The Morgan fingerprint density at radius 3 is 2.24 bits per heavy atom. The summed E-state index contributed by atoms with van der Waals surface area (Å²) in [7, 11) is 1.39. The summed E-state index contributed by atoms with van der Waals surface area (Å²) < 4.78 is 10.7. The van der Waals surface area contributed by atoms with Gasteiger partial charge in [0.1, 0.15) is 6.10 Å². The van der Waals surface area contributed by atoms with Gasteiger partial charge in [-0.05, 0) is 31.8 Å². The summed E-state index contributed by atoms with van der Waals surface area (Å²) in [6.07, 6.45) is 1.71. The van der Waals surface area contributed by atoms with Crippen molar-refractivity contribution >= 4 is 11.9 Å². The molecule has 0 saturated heterocycles. The number of carbonyl (C=O) groups is 2. The normalized spacial score (nSPS) is 24.7. The molecule has 0 saturated carbocycles. The Labute approximate surface area is 127 Å². The minimum Gasteiger partial charge on any atom is -0.469 e. The van der Waals surface area contributed by atoms with Crippen LogP contribution in [-0.4, -0.2) is 25.2 Å². The maximum Gasteiger partial charge on any atom is 0.311 e. The maximum atomic E-state index is 12.2. The fraction of sp³-hybridized carbons (Fsp3) is 0.765. The fourth-order valence-electron chi connectivity index (χ4n) is 3.53. The molecular weight excluding hydrogens is 268 g/mol. The van der Waals surface area contributed by atoms with Crippen molar-refractivity contribution in [1.82, 2.24) is 0 Å². The second-order valence-corrected chi connectivity index (χ2v) is 7.41. The molecule has 0 spiro atoms. The van der Waals surface area contributed by atoms with Gasteiger partial charge in [0, 0.05) is 5.92 Å². The van der Waals surface area contributed by atoms with E-state index in [9.17, 15) is 9.59 Å². The number of ether oxygens (including phenoxy) is 2. The van der Waals surface area contributed by atoms with Gasteiger partial charge in [-0.25, -0.2) is 0 Å². The third-order valence-corrected chi connectivity index (χ3v) is 4.36. The van der Waals surface area contributed by atoms with E-state index in [0.29, 0.717) is 0 Å². The third kappa shape index (κ3) is 3.30. The molecule has 4 heteroatoms. The zero-order valence-corrected chi connectivity index (χ0v) is 14.4. The van der Waals surface area contributed by atoms with Crippen molar-refractivity contribution in [2.24, 2.45) is 22.7 Å². The van der Waals surface area contributed by atoms with Crippen molar-refractivity contribution in [2.45, 2.75) is 54.6 Å². The first-order valence-electron chi connectivity index (χ1n) is 7.43. The number of carbonyl (C=O) groups excluding carboxylic acids is 2. The van der Waals surface area contributed by atoms with Crippen LogP contribution in [0.5, 0.6) is 0 Å². The van der Waals surface area contributed by atoms with E-state index in [2.05, 4.69) is 19.9 Å². The summed E-state index contributed by atoms with van der Waals surface area (Å²) in [6.45, 7) is 13.4. The molecule has 1 aliphatic rings. The molecule has 4 nitrogen and oxygen atoms in total. The van der Waals surface area contributed by atoms with Gasteiger partial charge in [0.25, 0.3) is 0 Å². The molecule has 1 aliphatic carbocycles. The average molecular weight is 296 g/mol. The number of allylic oxidation sites excluding steroid dienone is 1. The molecule has 2 unspecified atom stereocenters. The Morgan fingerprint density at radius 2 is 1.81 bits per heavy atom. The van der Waals surface area contributed by atoms with E-state index in [1.54, 1.807) is 0 Å². The van der Waals surface area contributed by atoms with Gasteiger partial charge in [0.05, 0.1) is 18.4 Å². The van der Waals surface area contributed by atoms with Crippen LogP contribution < -0.4 is 0 Å². The standard InChI is InChI=1S/C17H28O4/c1-10(2)14(18)21-12-11(3)9-16(4,5)13(12)17(6,7)15(19)20-8/h9-10,12-13H,1-8H3. The quantitative estimate of drug-likeness (QED) is 0.589. The Balaban J connectivity index is 3.18. The number of hydrogen-bond acceptors (Lipinski definition) is 4. The van der Waals surface area contributed by atoms with Crippen LogP contribution in [0.3, 0.4) is 0 Å². The highest BCUT2D eigenvalue weighted by Gasteiger charge is 2.54. The van der Waals surface area contributed by atoms with Gasteiger partial charge < -0.3 is 9.47 Å². The maximum absolute atomic E-state index is 12.2. The van der Waals surface area contributed by atoms with Gasteiger partial charge in [-0.1, -0.05) is 33.8 Å². The van der Waals surface area contributed by atoms with Crippen LogP contribution in [-0.2, 0) is 19.1 Å². The lowest BCUT2D eigenvalue weighted by Crippen LogP contribution is -2.46. The Hall–Kier alpha value is -1.32. The van der Waals surface area contributed by atoms with Crippen LogP contribution in [0, 0.1) is 22.7 Å². The van der Waals surface area contributed by atoms with E-state index in [1.165, 1.54) is 7.11 Å². The topological polar surface area (TPSA) is 52.6 Å². The molecule has 0 aliphatic heterocycles. The first-order chi connectivity index (χ1) is 9.45. The third-order valence-electron chi connectivity index (χ3n) is 4.36. The molecular formula is C17H28O4. The lowest BCUT2D eigenvalue weighted by molar-refractivity contribution is -0.168. The molecule has 0 radical (unpaired) electrons. The summed E-state index contributed by atoms with van der Waals surface area (Å²) in [6, 6.07) is 0. The molecule has 1 rings (SSSR count). The highest BCUT2D eigenvalue weighted by Crippen LogP contribution is 2.51. The summed E-state index contributed by atoms with van der Waals surface area (Å²) in [5, 5.41) is 0. The van der Waals surface area contributed by atoms with E-state index in [0.717, 1.165) is 5.57 Å². The summed E-state index contributed by atoms with van der Waals surface area (Å²) in [4.78, 5) is 24.2. The monoisotopic (exact) mass is 296 g/mol. The van der Waals surface area contributed by atoms with E-state index in [-0.39, 0.29) is 35.3 Å². The fourth-order valence-corrected chi connectivity index (χ4v) is 3.53. The Bertz CT molecular complexity index is 457. The highest BCUT2D eigenvalue weighted by atomic mass is 16.5. The van der Waals surface area contributed by atoms with Crippen molar-refractivity contribution in [3.05, 3.63) is 11.6 Å². The summed E-state index contributed by atoms with van der Waals surface area (Å²) in [5.74, 6) is -0.867. The smallest absolute Gasteiger partial charge is 0.311 e. The van der Waals surface area contributed by atoms with Gasteiger partial charge in [0.15, 0.2) is 0 Å². The van der Waals surface area contributed by atoms with Crippen molar-refractivity contribution in [1.29, 1.82) is 0 Å². The minimum atomic E-state index is -0.742. The van der Waals surface area contributed by atoms with Gasteiger partial charge in [-0.15, -0.1) is 0 Å². The Kier molecular flexibility index (Phi) is 4.91. The second-order valence-electron chi connectivity index (χ2n) is 7.41. The molecule has 21 heavy (non-hydrogen) atoms.